The van der Waals surface area contributed by atoms with Crippen LogP contribution in [0.25, 0.3) is 0 Å². The van der Waals surface area contributed by atoms with Crippen molar-refractivity contribution in [3.63, 3.8) is 0 Å². The van der Waals surface area contributed by atoms with E-state index in [9.17, 15) is 9.59 Å². The van der Waals surface area contributed by atoms with E-state index in [-0.39, 0.29) is 0 Å². The Kier molecular flexibility index (Phi) is 3.21. The fraction of sp³-hybridized carbons (Fsp3) is 0.273. The lowest BCUT2D eigenvalue weighted by Gasteiger charge is -2.24. The van der Waals surface area contributed by atoms with Gasteiger partial charge in [0.05, 0.1) is 0 Å². The summed E-state index contributed by atoms with van der Waals surface area (Å²) >= 11 is 0. The number of hydrogen-bond donors (Lipinski definition) is 1. The number of benzene rings is 1. The highest BCUT2D eigenvalue weighted by Crippen LogP contribution is 2.25. The number of hydrogen-bond acceptors (Lipinski definition) is 3. The van der Waals surface area contributed by atoms with E-state index in [4.69, 9.17) is 9.84 Å². The van der Waals surface area contributed by atoms with Crippen molar-refractivity contribution in [2.45, 2.75) is 12.5 Å². The van der Waals surface area contributed by atoms with Crippen molar-refractivity contribution in [1.82, 2.24) is 0 Å². The number of carbonyl (C=O) groups is 2. The van der Waals surface area contributed by atoms with Crippen LogP contribution >= 0.6 is 0 Å². The zero-order chi connectivity index (χ0) is 11.5. The van der Waals surface area contributed by atoms with E-state index in [0.717, 1.165) is 0 Å². The maximum atomic E-state index is 11.5. The average molecular weight is 208 g/mol. The standard InChI is InChI=1S/C11H12O4/c1-11(15-2,9(12)10(13)14)8-6-4-3-5-7-8/h3-7H,1-2H3,(H,13,14). The molecule has 1 N–H and O–H groups in total. The van der Waals surface area contributed by atoms with Gasteiger partial charge in [-0.1, -0.05) is 30.3 Å². The number of methoxy groups -OCH3 is 1. The molecule has 0 saturated carbocycles. The average Bonchev–Trinajstić information content (AvgIpc) is 2.28. The summed E-state index contributed by atoms with van der Waals surface area (Å²) < 4.78 is 5.02. The fourth-order valence-electron chi connectivity index (χ4n) is 1.30. The first-order valence-corrected chi connectivity index (χ1v) is 4.40. The van der Waals surface area contributed by atoms with Crippen molar-refractivity contribution in [2.24, 2.45) is 0 Å². The van der Waals surface area contributed by atoms with Crippen LogP contribution in [0.2, 0.25) is 0 Å². The number of carboxylic acids is 1. The molecule has 0 radical (unpaired) electrons. The Morgan fingerprint density at radius 1 is 1.27 bits per heavy atom. The molecule has 1 rings (SSSR count). The van der Waals surface area contributed by atoms with Crippen LogP contribution in [0.3, 0.4) is 0 Å². The third kappa shape index (κ3) is 2.05. The molecule has 80 valence electrons. The van der Waals surface area contributed by atoms with Crippen molar-refractivity contribution in [3.05, 3.63) is 35.9 Å². The topological polar surface area (TPSA) is 63.6 Å². The second-order valence-corrected chi connectivity index (χ2v) is 3.24. The van der Waals surface area contributed by atoms with Gasteiger partial charge in [0.15, 0.2) is 5.60 Å². The first-order valence-electron chi connectivity index (χ1n) is 4.40. The third-order valence-electron chi connectivity index (χ3n) is 2.36. The maximum absolute atomic E-state index is 11.5. The van der Waals surface area contributed by atoms with Crippen molar-refractivity contribution in [1.29, 1.82) is 0 Å². The molecule has 1 atom stereocenters. The number of aliphatic carboxylic acids is 1. The molecule has 0 heterocycles. The monoisotopic (exact) mass is 208 g/mol. The molecule has 0 aliphatic rings. The molecule has 0 saturated heterocycles. The quantitative estimate of drug-likeness (QED) is 0.755. The Balaban J connectivity index is 3.17. The van der Waals surface area contributed by atoms with E-state index in [2.05, 4.69) is 0 Å². The minimum absolute atomic E-state index is 0.528. The molecule has 1 aromatic carbocycles. The summed E-state index contributed by atoms with van der Waals surface area (Å²) in [7, 11) is 1.31. The molecule has 0 fully saturated rings. The maximum Gasteiger partial charge on any atom is 0.375 e. The van der Waals surface area contributed by atoms with Crippen LogP contribution in [-0.4, -0.2) is 24.0 Å². The molecule has 0 aliphatic heterocycles. The molecule has 0 aromatic heterocycles. The minimum atomic E-state index is -1.50. The Labute approximate surface area is 87.5 Å². The van der Waals surface area contributed by atoms with Gasteiger partial charge < -0.3 is 9.84 Å². The van der Waals surface area contributed by atoms with Gasteiger partial charge >= 0.3 is 5.97 Å². The highest BCUT2D eigenvalue weighted by Gasteiger charge is 2.39. The summed E-state index contributed by atoms with van der Waals surface area (Å²) in [5.41, 5.74) is -0.896. The highest BCUT2D eigenvalue weighted by molar-refractivity contribution is 6.35. The first kappa shape index (κ1) is 11.4. The molecule has 15 heavy (non-hydrogen) atoms. The second kappa shape index (κ2) is 4.23. The van der Waals surface area contributed by atoms with E-state index in [1.54, 1.807) is 30.3 Å². The Bertz CT molecular complexity index is 371. The van der Waals surface area contributed by atoms with Gasteiger partial charge in [0.2, 0.25) is 0 Å². The van der Waals surface area contributed by atoms with Gasteiger partial charge in [0.1, 0.15) is 0 Å². The summed E-state index contributed by atoms with van der Waals surface area (Å²) in [6.45, 7) is 1.44. The van der Waals surface area contributed by atoms with E-state index in [0.29, 0.717) is 5.56 Å². The largest absolute Gasteiger partial charge is 0.475 e. The molecule has 0 aliphatic carbocycles. The van der Waals surface area contributed by atoms with Crippen LogP contribution in [-0.2, 0) is 19.9 Å². The SMILES string of the molecule is COC(C)(C(=O)C(=O)O)c1ccccc1. The van der Waals surface area contributed by atoms with E-state index >= 15 is 0 Å². The molecule has 1 unspecified atom stereocenters. The smallest absolute Gasteiger partial charge is 0.375 e. The molecule has 4 heteroatoms. The highest BCUT2D eigenvalue weighted by atomic mass is 16.5. The Morgan fingerprint density at radius 3 is 2.20 bits per heavy atom. The summed E-state index contributed by atoms with van der Waals surface area (Å²) in [6.07, 6.45) is 0. The lowest BCUT2D eigenvalue weighted by atomic mass is 9.91. The van der Waals surface area contributed by atoms with Gasteiger partial charge in [-0.2, -0.15) is 0 Å². The number of rotatable bonds is 4. The number of carbonyl (C=O) groups excluding carboxylic acids is 1. The number of ether oxygens (including phenoxy) is 1. The van der Waals surface area contributed by atoms with Gasteiger partial charge in [-0.05, 0) is 12.5 Å². The van der Waals surface area contributed by atoms with E-state index in [1.807, 2.05) is 0 Å². The number of carboxylic acid groups (broad SMARTS) is 1. The van der Waals surface area contributed by atoms with Crippen molar-refractivity contribution in [3.8, 4) is 0 Å². The summed E-state index contributed by atoms with van der Waals surface area (Å²) in [4.78, 5) is 22.1. The number of Topliss-reactive ketones (excluding diaryl/α,β-unsaturated/α-hetero) is 1. The molecular weight excluding hydrogens is 196 g/mol. The lowest BCUT2D eigenvalue weighted by Crippen LogP contribution is -2.39. The van der Waals surface area contributed by atoms with Gasteiger partial charge in [0, 0.05) is 7.11 Å². The molecule has 1 aromatic rings. The van der Waals surface area contributed by atoms with Crippen LogP contribution in [0.5, 0.6) is 0 Å². The zero-order valence-corrected chi connectivity index (χ0v) is 8.56. The van der Waals surface area contributed by atoms with Gasteiger partial charge in [-0.15, -0.1) is 0 Å². The molecular formula is C11H12O4. The van der Waals surface area contributed by atoms with E-state index < -0.39 is 17.4 Å². The summed E-state index contributed by atoms with van der Waals surface area (Å²) in [6, 6.07) is 8.54. The van der Waals surface area contributed by atoms with Crippen LogP contribution in [0.15, 0.2) is 30.3 Å². The van der Waals surface area contributed by atoms with Crippen molar-refractivity contribution < 1.29 is 19.4 Å². The zero-order valence-electron chi connectivity index (χ0n) is 8.56. The normalized spacial score (nSPS) is 14.3. The van der Waals surface area contributed by atoms with Crippen molar-refractivity contribution >= 4 is 11.8 Å². The van der Waals surface area contributed by atoms with Gasteiger partial charge in [0.25, 0.3) is 5.78 Å². The minimum Gasteiger partial charge on any atom is -0.475 e. The lowest BCUT2D eigenvalue weighted by molar-refractivity contribution is -0.160. The molecule has 0 bridgehead atoms. The second-order valence-electron chi connectivity index (χ2n) is 3.24. The van der Waals surface area contributed by atoms with Crippen LogP contribution in [0.4, 0.5) is 0 Å². The molecule has 0 amide bonds. The predicted octanol–water partition coefficient (Wildman–Crippen LogP) is 1.20. The first-order chi connectivity index (χ1) is 7.02. The Morgan fingerprint density at radius 2 is 1.80 bits per heavy atom. The van der Waals surface area contributed by atoms with Crippen LogP contribution < -0.4 is 0 Å². The molecule has 0 spiro atoms. The summed E-state index contributed by atoms with van der Waals surface area (Å²) in [5, 5.41) is 8.68. The predicted molar refractivity (Wildman–Crippen MR) is 53.4 cm³/mol. The number of ketones is 1. The van der Waals surface area contributed by atoms with Crippen LogP contribution in [0, 0.1) is 0 Å². The molecule has 4 nitrogen and oxygen atoms in total. The third-order valence-corrected chi connectivity index (χ3v) is 2.36. The van der Waals surface area contributed by atoms with Gasteiger partial charge in [-0.25, -0.2) is 4.79 Å². The fourth-order valence-corrected chi connectivity index (χ4v) is 1.30. The Hall–Kier alpha value is -1.68. The van der Waals surface area contributed by atoms with Crippen molar-refractivity contribution in [2.75, 3.05) is 7.11 Å². The summed E-state index contributed by atoms with van der Waals surface area (Å²) in [5.74, 6) is -2.47. The van der Waals surface area contributed by atoms with E-state index in [1.165, 1.54) is 14.0 Å². The van der Waals surface area contributed by atoms with Crippen LogP contribution in [0.1, 0.15) is 12.5 Å². The van der Waals surface area contributed by atoms with Gasteiger partial charge in [-0.3, -0.25) is 4.79 Å².